The summed E-state index contributed by atoms with van der Waals surface area (Å²) in [6, 6.07) is 5.10. The fourth-order valence-corrected chi connectivity index (χ4v) is 1.85. The molecular weight excluding hydrogens is 321 g/mol. The number of nitrogens with one attached hydrogen (secondary N) is 1. The Balaban J connectivity index is 2.32. The Morgan fingerprint density at radius 2 is 2.28 bits per heavy atom. The van der Waals surface area contributed by atoms with Crippen LogP contribution in [0.2, 0.25) is 5.02 Å². The molecule has 1 aromatic heterocycles. The van der Waals surface area contributed by atoms with E-state index in [2.05, 4.69) is 25.9 Å². The molecule has 18 heavy (non-hydrogen) atoms. The number of halogens is 2. The number of hydrogen-bond acceptors (Lipinski definition) is 4. The molecule has 94 valence electrons. The van der Waals surface area contributed by atoms with Crippen LogP contribution in [0, 0.1) is 0 Å². The third kappa shape index (κ3) is 2.72. The van der Waals surface area contributed by atoms with Crippen molar-refractivity contribution in [1.29, 1.82) is 0 Å². The van der Waals surface area contributed by atoms with E-state index < -0.39 is 0 Å². The smallest absolute Gasteiger partial charge is 0.268 e. The molecule has 0 aliphatic heterocycles. The number of aromatic nitrogens is 2. The molecule has 0 bridgehead atoms. The predicted molar refractivity (Wildman–Crippen MR) is 72.0 cm³/mol. The van der Waals surface area contributed by atoms with Crippen molar-refractivity contribution in [2.24, 2.45) is 5.73 Å². The van der Waals surface area contributed by atoms with E-state index in [4.69, 9.17) is 22.1 Å². The van der Waals surface area contributed by atoms with E-state index in [1.54, 1.807) is 18.2 Å². The molecule has 0 radical (unpaired) electrons. The Morgan fingerprint density at radius 1 is 1.50 bits per heavy atom. The van der Waals surface area contributed by atoms with E-state index in [-0.39, 0.29) is 15.9 Å². The highest BCUT2D eigenvalue weighted by atomic mass is 79.9. The van der Waals surface area contributed by atoms with Crippen LogP contribution in [0.3, 0.4) is 0 Å². The molecule has 2 rings (SSSR count). The molecule has 0 aliphatic carbocycles. The highest BCUT2D eigenvalue weighted by molar-refractivity contribution is 9.10. The van der Waals surface area contributed by atoms with E-state index in [1.165, 1.54) is 6.33 Å². The molecule has 0 saturated heterocycles. The number of hydrogen-bond donors (Lipinski definition) is 2. The van der Waals surface area contributed by atoms with Crippen LogP contribution in [-0.2, 0) is 6.54 Å². The lowest BCUT2D eigenvalue weighted by Gasteiger charge is -2.07. The minimum absolute atomic E-state index is 0.176. The van der Waals surface area contributed by atoms with Gasteiger partial charge in [-0.05, 0) is 33.6 Å². The van der Waals surface area contributed by atoms with Crippen LogP contribution in [0.15, 0.2) is 33.8 Å². The van der Waals surface area contributed by atoms with Crippen molar-refractivity contribution in [3.8, 4) is 11.6 Å². The zero-order chi connectivity index (χ0) is 13.1. The van der Waals surface area contributed by atoms with Crippen molar-refractivity contribution in [3.05, 3.63) is 49.9 Å². The number of H-pyrrole nitrogens is 1. The maximum absolute atomic E-state index is 11.3. The lowest BCUT2D eigenvalue weighted by molar-refractivity contribution is 0.457. The standard InChI is InChI=1S/C11H9BrClN3O2/c12-9-10(17)15-5-16-11(9)18-7-2-1-6(4-14)8(13)3-7/h1-3,5H,4,14H2,(H,15,16,17). The summed E-state index contributed by atoms with van der Waals surface area (Å²) in [5.74, 6) is 0.659. The van der Waals surface area contributed by atoms with Gasteiger partial charge in [-0.15, -0.1) is 0 Å². The summed E-state index contributed by atoms with van der Waals surface area (Å²) in [6.45, 7) is 0.353. The third-order valence-electron chi connectivity index (χ3n) is 2.22. The SMILES string of the molecule is NCc1ccc(Oc2nc[nH]c(=O)c2Br)cc1Cl. The first-order chi connectivity index (χ1) is 8.61. The lowest BCUT2D eigenvalue weighted by atomic mass is 10.2. The van der Waals surface area contributed by atoms with Crippen LogP contribution >= 0.6 is 27.5 Å². The number of rotatable bonds is 3. The van der Waals surface area contributed by atoms with E-state index in [1.807, 2.05) is 0 Å². The van der Waals surface area contributed by atoms with Crippen LogP contribution in [0.4, 0.5) is 0 Å². The Bertz CT molecular complexity index is 630. The molecule has 0 aliphatic rings. The van der Waals surface area contributed by atoms with Crippen molar-refractivity contribution in [1.82, 2.24) is 9.97 Å². The van der Waals surface area contributed by atoms with Crippen molar-refractivity contribution < 1.29 is 4.74 Å². The Hall–Kier alpha value is -1.37. The molecule has 0 amide bonds. The monoisotopic (exact) mass is 329 g/mol. The molecule has 0 fully saturated rings. The summed E-state index contributed by atoms with van der Waals surface area (Å²) in [5.41, 5.74) is 6.01. The van der Waals surface area contributed by atoms with Crippen LogP contribution in [-0.4, -0.2) is 9.97 Å². The summed E-state index contributed by atoms with van der Waals surface area (Å²) in [5, 5.41) is 0.510. The van der Waals surface area contributed by atoms with Crippen LogP contribution in [0.25, 0.3) is 0 Å². The summed E-state index contributed by atoms with van der Waals surface area (Å²) in [4.78, 5) is 17.7. The van der Waals surface area contributed by atoms with Crippen LogP contribution in [0.1, 0.15) is 5.56 Å². The zero-order valence-corrected chi connectivity index (χ0v) is 11.5. The van der Waals surface area contributed by atoms with Gasteiger partial charge in [-0.1, -0.05) is 17.7 Å². The van der Waals surface area contributed by atoms with Gasteiger partial charge in [-0.25, -0.2) is 4.98 Å². The van der Waals surface area contributed by atoms with Crippen LogP contribution < -0.4 is 16.0 Å². The minimum Gasteiger partial charge on any atom is -0.438 e. The molecule has 3 N–H and O–H groups in total. The topological polar surface area (TPSA) is 81.0 Å². The fourth-order valence-electron chi connectivity index (χ4n) is 1.31. The van der Waals surface area contributed by atoms with Gasteiger partial charge in [-0.2, -0.15) is 0 Å². The lowest BCUT2D eigenvalue weighted by Crippen LogP contribution is -2.08. The van der Waals surface area contributed by atoms with Crippen LogP contribution in [0.5, 0.6) is 11.6 Å². The summed E-state index contributed by atoms with van der Waals surface area (Å²) >= 11 is 9.11. The largest absolute Gasteiger partial charge is 0.438 e. The number of ether oxygens (including phenoxy) is 1. The number of nitrogens with zero attached hydrogens (tertiary/aromatic N) is 1. The first kappa shape index (κ1) is 13.1. The van der Waals surface area contributed by atoms with Gasteiger partial charge in [0.15, 0.2) is 0 Å². The van der Waals surface area contributed by atoms with E-state index in [0.29, 0.717) is 17.3 Å². The van der Waals surface area contributed by atoms with E-state index >= 15 is 0 Å². The highest BCUT2D eigenvalue weighted by Gasteiger charge is 2.09. The van der Waals surface area contributed by atoms with Gasteiger partial charge in [0.2, 0.25) is 5.88 Å². The Labute approximate surface area is 116 Å². The Morgan fingerprint density at radius 3 is 2.94 bits per heavy atom. The van der Waals surface area contributed by atoms with Crippen molar-refractivity contribution in [3.63, 3.8) is 0 Å². The summed E-state index contributed by atoms with van der Waals surface area (Å²) < 4.78 is 5.69. The first-order valence-corrected chi connectivity index (χ1v) is 6.18. The molecule has 0 atom stereocenters. The number of benzene rings is 1. The maximum atomic E-state index is 11.3. The molecule has 0 unspecified atom stereocenters. The van der Waals surface area contributed by atoms with Gasteiger partial charge < -0.3 is 15.5 Å². The third-order valence-corrected chi connectivity index (χ3v) is 3.27. The van der Waals surface area contributed by atoms with E-state index in [9.17, 15) is 4.79 Å². The Kier molecular flexibility index (Phi) is 4.00. The van der Waals surface area contributed by atoms with Crippen molar-refractivity contribution in [2.45, 2.75) is 6.54 Å². The molecule has 7 heteroatoms. The van der Waals surface area contributed by atoms with Crippen molar-refractivity contribution in [2.75, 3.05) is 0 Å². The van der Waals surface area contributed by atoms with Gasteiger partial charge in [0, 0.05) is 11.6 Å². The first-order valence-electron chi connectivity index (χ1n) is 5.01. The molecular formula is C11H9BrClN3O2. The molecule has 2 aromatic rings. The highest BCUT2D eigenvalue weighted by Crippen LogP contribution is 2.27. The molecule has 5 nitrogen and oxygen atoms in total. The summed E-state index contributed by atoms with van der Waals surface area (Å²) in [7, 11) is 0. The molecule has 1 heterocycles. The van der Waals surface area contributed by atoms with Gasteiger partial charge in [0.25, 0.3) is 5.56 Å². The average molecular weight is 331 g/mol. The van der Waals surface area contributed by atoms with Crippen molar-refractivity contribution >= 4 is 27.5 Å². The molecule has 1 aromatic carbocycles. The predicted octanol–water partition coefficient (Wildman–Crippen LogP) is 2.44. The zero-order valence-electron chi connectivity index (χ0n) is 9.11. The van der Waals surface area contributed by atoms with Gasteiger partial charge in [0.1, 0.15) is 10.2 Å². The van der Waals surface area contributed by atoms with E-state index in [0.717, 1.165) is 5.56 Å². The second-order valence-electron chi connectivity index (χ2n) is 3.41. The number of aromatic amines is 1. The van der Waals surface area contributed by atoms with Gasteiger partial charge in [-0.3, -0.25) is 4.79 Å². The number of nitrogens with two attached hydrogens (primary N) is 1. The van der Waals surface area contributed by atoms with Gasteiger partial charge in [0.05, 0.1) is 6.33 Å². The summed E-state index contributed by atoms with van der Waals surface area (Å²) in [6.07, 6.45) is 1.26. The second kappa shape index (κ2) is 5.51. The normalized spacial score (nSPS) is 10.4. The average Bonchev–Trinajstić information content (AvgIpc) is 2.35. The molecule has 0 spiro atoms. The van der Waals surface area contributed by atoms with Gasteiger partial charge >= 0.3 is 0 Å². The quantitative estimate of drug-likeness (QED) is 0.905. The maximum Gasteiger partial charge on any atom is 0.268 e. The fraction of sp³-hybridized carbons (Fsp3) is 0.0909. The molecule has 0 saturated carbocycles. The minimum atomic E-state index is -0.315. The second-order valence-corrected chi connectivity index (χ2v) is 4.61.